The molecular weight excluding hydrogens is 240 g/mol. The predicted molar refractivity (Wildman–Crippen MR) is 76.2 cm³/mol. The van der Waals surface area contributed by atoms with Gasteiger partial charge >= 0.3 is 0 Å². The number of nitrogen functional groups attached to an aromatic ring is 1. The second kappa shape index (κ2) is 6.04. The highest BCUT2D eigenvalue weighted by molar-refractivity contribution is 5.66. The first kappa shape index (κ1) is 13.1. The SMILES string of the molecule is COc1ncnc(NC(C)Cc2ccccc2)c1N. The molecule has 0 fully saturated rings. The molecule has 2 rings (SSSR count). The topological polar surface area (TPSA) is 73.1 Å². The van der Waals surface area contributed by atoms with E-state index in [2.05, 4.69) is 34.3 Å². The van der Waals surface area contributed by atoms with Gasteiger partial charge in [0.05, 0.1) is 7.11 Å². The van der Waals surface area contributed by atoms with Gasteiger partial charge in [-0.05, 0) is 18.9 Å². The summed E-state index contributed by atoms with van der Waals surface area (Å²) >= 11 is 0. The van der Waals surface area contributed by atoms with E-state index in [1.807, 2.05) is 18.2 Å². The minimum atomic E-state index is 0.212. The molecule has 100 valence electrons. The summed E-state index contributed by atoms with van der Waals surface area (Å²) in [5.74, 6) is 1.000. The molecule has 3 N–H and O–H groups in total. The Morgan fingerprint density at radius 3 is 2.68 bits per heavy atom. The third kappa shape index (κ3) is 3.34. The van der Waals surface area contributed by atoms with E-state index in [-0.39, 0.29) is 6.04 Å². The van der Waals surface area contributed by atoms with Crippen LogP contribution in [0.15, 0.2) is 36.7 Å². The molecule has 0 radical (unpaired) electrons. The molecule has 1 atom stereocenters. The van der Waals surface area contributed by atoms with Crippen molar-refractivity contribution in [2.45, 2.75) is 19.4 Å². The fourth-order valence-electron chi connectivity index (χ4n) is 1.91. The van der Waals surface area contributed by atoms with Crippen LogP contribution in [0.1, 0.15) is 12.5 Å². The molecule has 1 heterocycles. The Balaban J connectivity index is 2.05. The third-order valence-corrected chi connectivity index (χ3v) is 2.81. The van der Waals surface area contributed by atoms with Crippen LogP contribution in [0.3, 0.4) is 0 Å². The van der Waals surface area contributed by atoms with Crippen molar-refractivity contribution in [3.63, 3.8) is 0 Å². The Morgan fingerprint density at radius 1 is 1.26 bits per heavy atom. The minimum Gasteiger partial charge on any atom is -0.479 e. The van der Waals surface area contributed by atoms with E-state index in [0.717, 1.165) is 6.42 Å². The molecule has 5 nitrogen and oxygen atoms in total. The van der Waals surface area contributed by atoms with Crippen LogP contribution in [0.2, 0.25) is 0 Å². The summed E-state index contributed by atoms with van der Waals surface area (Å²) in [5, 5.41) is 3.28. The van der Waals surface area contributed by atoms with Gasteiger partial charge in [-0.1, -0.05) is 30.3 Å². The average molecular weight is 258 g/mol. The molecule has 1 unspecified atom stereocenters. The zero-order valence-electron chi connectivity index (χ0n) is 11.1. The number of aromatic nitrogens is 2. The van der Waals surface area contributed by atoms with Gasteiger partial charge in [-0.3, -0.25) is 0 Å². The molecule has 5 heteroatoms. The summed E-state index contributed by atoms with van der Waals surface area (Å²) in [4.78, 5) is 8.09. The largest absolute Gasteiger partial charge is 0.479 e. The Bertz CT molecular complexity index is 530. The maximum absolute atomic E-state index is 5.92. The molecule has 2 aromatic rings. The summed E-state index contributed by atoms with van der Waals surface area (Å²) in [5.41, 5.74) is 7.62. The highest BCUT2D eigenvalue weighted by Gasteiger charge is 2.11. The van der Waals surface area contributed by atoms with Gasteiger partial charge in [0, 0.05) is 6.04 Å². The zero-order valence-corrected chi connectivity index (χ0v) is 11.1. The number of anilines is 2. The summed E-state index contributed by atoms with van der Waals surface area (Å²) in [6.45, 7) is 2.08. The second-order valence-corrected chi connectivity index (χ2v) is 4.38. The lowest BCUT2D eigenvalue weighted by Crippen LogP contribution is -2.20. The van der Waals surface area contributed by atoms with Gasteiger partial charge in [-0.25, -0.2) is 4.98 Å². The lowest BCUT2D eigenvalue weighted by atomic mass is 10.1. The van der Waals surface area contributed by atoms with Crippen molar-refractivity contribution in [2.75, 3.05) is 18.2 Å². The molecule has 0 aliphatic carbocycles. The van der Waals surface area contributed by atoms with Gasteiger partial charge in [-0.15, -0.1) is 0 Å². The summed E-state index contributed by atoms with van der Waals surface area (Å²) in [7, 11) is 1.54. The average Bonchev–Trinajstić information content (AvgIpc) is 2.42. The molecular formula is C14H18N4O. The molecule has 1 aromatic heterocycles. The van der Waals surface area contributed by atoms with Crippen LogP contribution >= 0.6 is 0 Å². The van der Waals surface area contributed by atoms with Crippen LogP contribution in [-0.2, 0) is 6.42 Å². The highest BCUT2D eigenvalue weighted by atomic mass is 16.5. The summed E-state index contributed by atoms with van der Waals surface area (Å²) in [6, 6.07) is 10.5. The van der Waals surface area contributed by atoms with Gasteiger partial charge < -0.3 is 15.8 Å². The standard InChI is InChI=1S/C14H18N4O/c1-10(8-11-6-4-3-5-7-11)18-13-12(15)14(19-2)17-9-16-13/h3-7,9-10H,8,15H2,1-2H3,(H,16,17,18). The number of nitrogens with two attached hydrogens (primary N) is 1. The number of rotatable bonds is 5. The fraction of sp³-hybridized carbons (Fsp3) is 0.286. The van der Waals surface area contributed by atoms with Crippen molar-refractivity contribution >= 4 is 11.5 Å². The van der Waals surface area contributed by atoms with E-state index in [9.17, 15) is 0 Å². The molecule has 0 aliphatic heterocycles. The van der Waals surface area contributed by atoms with Crippen molar-refractivity contribution in [1.82, 2.24) is 9.97 Å². The third-order valence-electron chi connectivity index (χ3n) is 2.81. The van der Waals surface area contributed by atoms with Crippen LogP contribution in [0.25, 0.3) is 0 Å². The van der Waals surface area contributed by atoms with Crippen molar-refractivity contribution < 1.29 is 4.74 Å². The van der Waals surface area contributed by atoms with Gasteiger partial charge in [0.25, 0.3) is 0 Å². The molecule has 19 heavy (non-hydrogen) atoms. The van der Waals surface area contributed by atoms with E-state index < -0.39 is 0 Å². The van der Waals surface area contributed by atoms with Gasteiger partial charge in [-0.2, -0.15) is 4.98 Å². The van der Waals surface area contributed by atoms with Crippen LogP contribution < -0.4 is 15.8 Å². The van der Waals surface area contributed by atoms with Crippen molar-refractivity contribution in [3.8, 4) is 5.88 Å². The lowest BCUT2D eigenvalue weighted by molar-refractivity contribution is 0.399. The minimum absolute atomic E-state index is 0.212. The number of nitrogens with one attached hydrogen (secondary N) is 1. The van der Waals surface area contributed by atoms with E-state index >= 15 is 0 Å². The first-order valence-corrected chi connectivity index (χ1v) is 6.15. The normalized spacial score (nSPS) is 11.9. The van der Waals surface area contributed by atoms with Crippen molar-refractivity contribution in [1.29, 1.82) is 0 Å². The van der Waals surface area contributed by atoms with Crippen molar-refractivity contribution in [3.05, 3.63) is 42.2 Å². The van der Waals surface area contributed by atoms with Crippen molar-refractivity contribution in [2.24, 2.45) is 0 Å². The number of hydrogen-bond donors (Lipinski definition) is 2. The molecule has 0 saturated carbocycles. The first-order chi connectivity index (χ1) is 9.20. The number of nitrogens with zero attached hydrogens (tertiary/aromatic N) is 2. The molecule has 0 amide bonds. The Kier molecular flexibility index (Phi) is 4.18. The maximum Gasteiger partial charge on any atom is 0.242 e. The van der Waals surface area contributed by atoms with Crippen LogP contribution in [0, 0.1) is 0 Å². The van der Waals surface area contributed by atoms with E-state index in [4.69, 9.17) is 10.5 Å². The molecule has 1 aromatic carbocycles. The molecule has 0 bridgehead atoms. The van der Waals surface area contributed by atoms with Crippen LogP contribution in [0.5, 0.6) is 5.88 Å². The van der Waals surface area contributed by atoms with E-state index in [0.29, 0.717) is 17.4 Å². The summed E-state index contributed by atoms with van der Waals surface area (Å²) < 4.78 is 5.07. The van der Waals surface area contributed by atoms with Crippen LogP contribution in [-0.4, -0.2) is 23.1 Å². The Morgan fingerprint density at radius 2 is 2.00 bits per heavy atom. The predicted octanol–water partition coefficient (Wildman–Crippen LogP) is 2.11. The Labute approximate surface area is 112 Å². The molecule has 0 spiro atoms. The lowest BCUT2D eigenvalue weighted by Gasteiger charge is -2.16. The number of benzene rings is 1. The second-order valence-electron chi connectivity index (χ2n) is 4.38. The zero-order chi connectivity index (χ0) is 13.7. The first-order valence-electron chi connectivity index (χ1n) is 6.15. The summed E-state index contributed by atoms with van der Waals surface area (Å²) in [6.07, 6.45) is 2.33. The smallest absolute Gasteiger partial charge is 0.242 e. The van der Waals surface area contributed by atoms with E-state index in [1.54, 1.807) is 0 Å². The molecule has 0 aliphatic rings. The highest BCUT2D eigenvalue weighted by Crippen LogP contribution is 2.24. The molecule has 0 saturated heterocycles. The number of hydrogen-bond acceptors (Lipinski definition) is 5. The van der Waals surface area contributed by atoms with Gasteiger partial charge in [0.1, 0.15) is 12.0 Å². The van der Waals surface area contributed by atoms with Crippen LogP contribution in [0.4, 0.5) is 11.5 Å². The maximum atomic E-state index is 5.92. The number of methoxy groups -OCH3 is 1. The van der Waals surface area contributed by atoms with Gasteiger partial charge in [0.2, 0.25) is 5.88 Å². The number of ether oxygens (including phenoxy) is 1. The quantitative estimate of drug-likeness (QED) is 0.859. The van der Waals surface area contributed by atoms with E-state index in [1.165, 1.54) is 19.0 Å². The Hall–Kier alpha value is -2.30. The fourth-order valence-corrected chi connectivity index (χ4v) is 1.91. The monoisotopic (exact) mass is 258 g/mol. The van der Waals surface area contributed by atoms with Gasteiger partial charge in [0.15, 0.2) is 5.82 Å².